The summed E-state index contributed by atoms with van der Waals surface area (Å²) in [6.07, 6.45) is 10.1. The largest absolute Gasteiger partial charge is 0.351 e. The van der Waals surface area contributed by atoms with Crippen molar-refractivity contribution in [1.82, 2.24) is 5.32 Å². The van der Waals surface area contributed by atoms with Gasteiger partial charge in [-0.05, 0) is 37.5 Å². The van der Waals surface area contributed by atoms with Crippen LogP contribution in [0.1, 0.15) is 71.6 Å². The van der Waals surface area contributed by atoms with Crippen molar-refractivity contribution < 1.29 is 4.79 Å². The first-order valence-electron chi connectivity index (χ1n) is 8.13. The Balaban J connectivity index is 1.96. The summed E-state index contributed by atoms with van der Waals surface area (Å²) in [6, 6.07) is 0.351. The summed E-state index contributed by atoms with van der Waals surface area (Å²) >= 11 is 0. The molecule has 19 heavy (non-hydrogen) atoms. The van der Waals surface area contributed by atoms with Crippen LogP contribution in [0.15, 0.2) is 0 Å². The first kappa shape index (κ1) is 14.8. The zero-order valence-electron chi connectivity index (χ0n) is 12.6. The van der Waals surface area contributed by atoms with Crippen LogP contribution in [0.5, 0.6) is 0 Å². The molecule has 3 N–H and O–H groups in total. The second kappa shape index (κ2) is 6.25. The fraction of sp³-hybridized carbons (Fsp3) is 0.938. The number of amides is 1. The minimum absolute atomic E-state index is 0.116. The van der Waals surface area contributed by atoms with Gasteiger partial charge < -0.3 is 11.1 Å². The van der Waals surface area contributed by atoms with Gasteiger partial charge in [-0.1, -0.05) is 46.0 Å². The maximum atomic E-state index is 12.5. The maximum Gasteiger partial charge on any atom is 0.240 e. The van der Waals surface area contributed by atoms with E-state index in [-0.39, 0.29) is 5.91 Å². The summed E-state index contributed by atoms with van der Waals surface area (Å²) < 4.78 is 0. The average molecular weight is 266 g/mol. The molecule has 2 unspecified atom stereocenters. The number of carbonyl (C=O) groups is 1. The number of carbonyl (C=O) groups excluding carboxylic acids is 1. The highest BCUT2D eigenvalue weighted by molar-refractivity contribution is 5.86. The summed E-state index contributed by atoms with van der Waals surface area (Å²) in [6.45, 7) is 4.54. The highest BCUT2D eigenvalue weighted by Gasteiger charge is 2.38. The molecule has 0 radical (unpaired) electrons. The molecule has 2 rings (SSSR count). The molecule has 1 amide bonds. The highest BCUT2D eigenvalue weighted by Crippen LogP contribution is 2.32. The molecule has 2 aliphatic carbocycles. The normalized spacial score (nSPS) is 31.2. The van der Waals surface area contributed by atoms with Crippen LogP contribution in [0.3, 0.4) is 0 Å². The van der Waals surface area contributed by atoms with Crippen molar-refractivity contribution in [3.63, 3.8) is 0 Å². The number of nitrogens with two attached hydrogens (primary N) is 1. The van der Waals surface area contributed by atoms with Crippen LogP contribution in [-0.2, 0) is 4.79 Å². The summed E-state index contributed by atoms with van der Waals surface area (Å²) in [5.41, 5.74) is 5.74. The van der Waals surface area contributed by atoms with Crippen LogP contribution in [0, 0.1) is 11.8 Å². The van der Waals surface area contributed by atoms with E-state index in [1.165, 1.54) is 25.7 Å². The number of hydrogen-bond acceptors (Lipinski definition) is 2. The molecule has 0 bridgehead atoms. The van der Waals surface area contributed by atoms with Crippen molar-refractivity contribution in [2.75, 3.05) is 0 Å². The van der Waals surface area contributed by atoms with Gasteiger partial charge >= 0.3 is 0 Å². The van der Waals surface area contributed by atoms with Gasteiger partial charge in [0.2, 0.25) is 5.91 Å². The zero-order valence-corrected chi connectivity index (χ0v) is 12.6. The summed E-state index contributed by atoms with van der Waals surface area (Å²) in [4.78, 5) is 12.5. The third-order valence-electron chi connectivity index (χ3n) is 5.19. The van der Waals surface area contributed by atoms with Gasteiger partial charge in [-0.2, -0.15) is 0 Å². The monoisotopic (exact) mass is 266 g/mol. The first-order chi connectivity index (χ1) is 9.03. The Labute approximate surface area is 117 Å². The minimum atomic E-state index is -0.586. The van der Waals surface area contributed by atoms with Gasteiger partial charge in [0.15, 0.2) is 0 Å². The van der Waals surface area contributed by atoms with Gasteiger partial charge in [0.25, 0.3) is 0 Å². The lowest BCUT2D eigenvalue weighted by Crippen LogP contribution is -2.58. The van der Waals surface area contributed by atoms with E-state index in [0.29, 0.717) is 17.9 Å². The molecule has 2 fully saturated rings. The Morgan fingerprint density at radius 1 is 1.11 bits per heavy atom. The number of hydrogen-bond donors (Lipinski definition) is 2. The second-order valence-electron chi connectivity index (χ2n) is 6.99. The van der Waals surface area contributed by atoms with Gasteiger partial charge in [0.05, 0.1) is 5.54 Å². The van der Waals surface area contributed by atoms with Gasteiger partial charge in [-0.15, -0.1) is 0 Å². The van der Waals surface area contributed by atoms with Crippen molar-refractivity contribution in [2.24, 2.45) is 17.6 Å². The molecule has 0 aromatic heterocycles. The third-order valence-corrected chi connectivity index (χ3v) is 5.19. The van der Waals surface area contributed by atoms with E-state index >= 15 is 0 Å². The Hall–Kier alpha value is -0.570. The summed E-state index contributed by atoms with van der Waals surface area (Å²) in [7, 11) is 0. The van der Waals surface area contributed by atoms with Crippen LogP contribution in [0.25, 0.3) is 0 Å². The standard InChI is InChI=1S/C16H30N2O/c1-12(2)13-8-4-5-9-14(13)18-15(19)16(17)10-6-3-7-11-16/h12-14H,3-11,17H2,1-2H3,(H,18,19). The molecule has 0 spiro atoms. The molecular weight excluding hydrogens is 236 g/mol. The van der Waals surface area contributed by atoms with Gasteiger partial charge in [0, 0.05) is 6.04 Å². The fourth-order valence-electron chi connectivity index (χ4n) is 3.86. The van der Waals surface area contributed by atoms with Crippen molar-refractivity contribution in [3.05, 3.63) is 0 Å². The molecule has 2 aliphatic rings. The molecule has 3 heteroatoms. The van der Waals surface area contributed by atoms with E-state index in [9.17, 15) is 4.79 Å². The van der Waals surface area contributed by atoms with E-state index in [4.69, 9.17) is 5.73 Å². The van der Waals surface area contributed by atoms with Crippen molar-refractivity contribution in [1.29, 1.82) is 0 Å². The third kappa shape index (κ3) is 3.50. The van der Waals surface area contributed by atoms with Gasteiger partial charge in [0.1, 0.15) is 0 Å². The average Bonchev–Trinajstić information content (AvgIpc) is 2.40. The molecule has 0 heterocycles. The van der Waals surface area contributed by atoms with E-state index in [1.54, 1.807) is 0 Å². The zero-order chi connectivity index (χ0) is 13.9. The topological polar surface area (TPSA) is 55.1 Å². The Morgan fingerprint density at radius 2 is 1.74 bits per heavy atom. The molecular formula is C16H30N2O. The van der Waals surface area contributed by atoms with E-state index < -0.39 is 5.54 Å². The fourth-order valence-corrected chi connectivity index (χ4v) is 3.86. The number of rotatable bonds is 3. The molecule has 0 aromatic rings. The maximum absolute atomic E-state index is 12.5. The van der Waals surface area contributed by atoms with Gasteiger partial charge in [-0.25, -0.2) is 0 Å². The van der Waals surface area contributed by atoms with Crippen LogP contribution in [0.2, 0.25) is 0 Å². The number of nitrogens with one attached hydrogen (secondary N) is 1. The Morgan fingerprint density at radius 3 is 2.37 bits per heavy atom. The van der Waals surface area contributed by atoms with E-state index in [0.717, 1.165) is 32.1 Å². The first-order valence-corrected chi connectivity index (χ1v) is 8.13. The molecule has 0 aliphatic heterocycles. The highest BCUT2D eigenvalue weighted by atomic mass is 16.2. The van der Waals surface area contributed by atoms with Crippen LogP contribution < -0.4 is 11.1 Å². The summed E-state index contributed by atoms with van der Waals surface area (Å²) in [5, 5.41) is 3.30. The quantitative estimate of drug-likeness (QED) is 0.825. The molecule has 2 atom stereocenters. The van der Waals surface area contributed by atoms with Crippen molar-refractivity contribution in [3.8, 4) is 0 Å². The van der Waals surface area contributed by atoms with Gasteiger partial charge in [-0.3, -0.25) is 4.79 Å². The second-order valence-corrected chi connectivity index (χ2v) is 6.99. The SMILES string of the molecule is CC(C)C1CCCCC1NC(=O)C1(N)CCCCC1. The molecule has 3 nitrogen and oxygen atoms in total. The molecule has 0 aromatic carbocycles. The predicted octanol–water partition coefficient (Wildman–Crippen LogP) is 2.98. The van der Waals surface area contributed by atoms with Crippen molar-refractivity contribution in [2.45, 2.75) is 83.2 Å². The molecule has 2 saturated carbocycles. The van der Waals surface area contributed by atoms with E-state index in [1.807, 2.05) is 0 Å². The minimum Gasteiger partial charge on any atom is -0.351 e. The van der Waals surface area contributed by atoms with Crippen LogP contribution >= 0.6 is 0 Å². The van der Waals surface area contributed by atoms with E-state index in [2.05, 4.69) is 19.2 Å². The summed E-state index contributed by atoms with van der Waals surface area (Å²) in [5.74, 6) is 1.39. The smallest absolute Gasteiger partial charge is 0.240 e. The lowest BCUT2D eigenvalue weighted by atomic mass is 9.76. The lowest BCUT2D eigenvalue weighted by Gasteiger charge is -2.38. The van der Waals surface area contributed by atoms with Crippen LogP contribution in [-0.4, -0.2) is 17.5 Å². The van der Waals surface area contributed by atoms with Crippen LogP contribution in [0.4, 0.5) is 0 Å². The Bertz CT molecular complexity index is 308. The lowest BCUT2D eigenvalue weighted by molar-refractivity contribution is -0.129. The Kier molecular flexibility index (Phi) is 4.88. The van der Waals surface area contributed by atoms with Crippen molar-refractivity contribution >= 4 is 5.91 Å². The molecule has 0 saturated heterocycles. The predicted molar refractivity (Wildman–Crippen MR) is 78.7 cm³/mol. The molecule has 110 valence electrons.